The van der Waals surface area contributed by atoms with Crippen molar-refractivity contribution in [1.29, 1.82) is 0 Å². The van der Waals surface area contributed by atoms with E-state index in [1.807, 2.05) is 19.9 Å². The molecule has 0 saturated carbocycles. The fourth-order valence-electron chi connectivity index (χ4n) is 3.65. The number of hydrogen-bond acceptors (Lipinski definition) is 4. The summed E-state index contributed by atoms with van der Waals surface area (Å²) < 4.78 is 13.3. The molecule has 0 atom stereocenters. The smallest absolute Gasteiger partial charge is 0.177 e. The fraction of sp³-hybridized carbons (Fsp3) is 0.692. The van der Waals surface area contributed by atoms with Crippen LogP contribution in [-0.2, 0) is 0 Å². The van der Waals surface area contributed by atoms with Gasteiger partial charge in [-0.3, -0.25) is 0 Å². The second-order valence-electron chi connectivity index (χ2n) is 8.51. The lowest BCUT2D eigenvalue weighted by molar-refractivity contribution is 0.257. The van der Waals surface area contributed by atoms with Gasteiger partial charge in [0, 0.05) is 6.07 Å². The molecule has 0 saturated heterocycles. The van der Waals surface area contributed by atoms with E-state index in [1.165, 1.54) is 64.2 Å². The number of rotatable bonds is 16. The van der Waals surface area contributed by atoms with Crippen LogP contribution < -0.4 is 9.47 Å². The molecule has 0 spiro atoms. The lowest BCUT2D eigenvalue weighted by atomic mass is 10.1. The molecular formula is C26H41BrN2O2. The molecule has 1 aromatic carbocycles. The Morgan fingerprint density at radius 2 is 1.23 bits per heavy atom. The number of hydrogen-bond donors (Lipinski definition) is 0. The molecule has 0 bridgehead atoms. The summed E-state index contributed by atoms with van der Waals surface area (Å²) >= 11 is 3.74. The zero-order valence-corrected chi connectivity index (χ0v) is 21.7. The van der Waals surface area contributed by atoms with E-state index >= 15 is 0 Å². The average Bonchev–Trinajstić information content (AvgIpc) is 2.75. The van der Waals surface area contributed by atoms with Crippen molar-refractivity contribution in [1.82, 2.24) is 9.97 Å². The van der Waals surface area contributed by atoms with Crippen molar-refractivity contribution < 1.29 is 9.47 Å². The van der Waals surface area contributed by atoms with E-state index in [2.05, 4.69) is 29.8 Å². The Bertz CT molecular complexity index is 795. The van der Waals surface area contributed by atoms with Crippen molar-refractivity contribution >= 4 is 27.0 Å². The number of ether oxygens (including phenoxy) is 2. The molecule has 174 valence electrons. The molecule has 0 N–H and O–H groups in total. The van der Waals surface area contributed by atoms with Crippen molar-refractivity contribution in [2.75, 3.05) is 13.2 Å². The van der Waals surface area contributed by atoms with E-state index in [-0.39, 0.29) is 0 Å². The highest BCUT2D eigenvalue weighted by atomic mass is 79.9. The zero-order valence-electron chi connectivity index (χ0n) is 20.1. The van der Waals surface area contributed by atoms with Crippen LogP contribution in [0.15, 0.2) is 10.5 Å². The largest absolute Gasteiger partial charge is 0.490 e. The summed E-state index contributed by atoms with van der Waals surface area (Å²) in [6, 6.07) is 1.99. The summed E-state index contributed by atoms with van der Waals surface area (Å²) in [5.74, 6) is 1.54. The van der Waals surface area contributed by atoms with Gasteiger partial charge in [0.1, 0.15) is 5.52 Å². The van der Waals surface area contributed by atoms with Crippen LogP contribution in [0.2, 0.25) is 0 Å². The Balaban J connectivity index is 2.04. The van der Waals surface area contributed by atoms with Crippen LogP contribution in [0.1, 0.15) is 102 Å². The zero-order chi connectivity index (χ0) is 22.5. The first kappa shape index (κ1) is 25.9. The van der Waals surface area contributed by atoms with E-state index in [9.17, 15) is 0 Å². The molecule has 5 heteroatoms. The first-order valence-corrected chi connectivity index (χ1v) is 13.1. The topological polar surface area (TPSA) is 44.2 Å². The summed E-state index contributed by atoms with van der Waals surface area (Å²) in [6.45, 7) is 9.89. The second-order valence-corrected chi connectivity index (χ2v) is 9.31. The normalized spacial score (nSPS) is 11.3. The highest BCUT2D eigenvalue weighted by Crippen LogP contribution is 2.40. The van der Waals surface area contributed by atoms with Crippen molar-refractivity contribution in [3.05, 3.63) is 21.9 Å². The maximum Gasteiger partial charge on any atom is 0.177 e. The third-order valence-electron chi connectivity index (χ3n) is 5.73. The van der Waals surface area contributed by atoms with Gasteiger partial charge in [0.2, 0.25) is 0 Å². The Kier molecular flexibility index (Phi) is 12.2. The Morgan fingerprint density at radius 3 is 1.84 bits per heavy atom. The van der Waals surface area contributed by atoms with E-state index < -0.39 is 0 Å². The van der Waals surface area contributed by atoms with E-state index in [0.29, 0.717) is 13.2 Å². The van der Waals surface area contributed by atoms with Crippen LogP contribution in [0.4, 0.5) is 0 Å². The van der Waals surface area contributed by atoms with Gasteiger partial charge < -0.3 is 9.47 Å². The lowest BCUT2D eigenvalue weighted by Crippen LogP contribution is -2.05. The predicted octanol–water partition coefficient (Wildman–Crippen LogP) is 8.49. The van der Waals surface area contributed by atoms with Crippen LogP contribution in [0, 0.1) is 13.8 Å². The van der Waals surface area contributed by atoms with Crippen LogP contribution in [0.5, 0.6) is 11.5 Å². The third kappa shape index (κ3) is 8.59. The van der Waals surface area contributed by atoms with Gasteiger partial charge in [-0.1, -0.05) is 78.1 Å². The SMILES string of the molecule is CCCCCCCCOc1cc2nc(C)c(C)nc2c(Br)c1OCCCCCCCC. The number of fused-ring (bicyclic) bond motifs is 1. The summed E-state index contributed by atoms with van der Waals surface area (Å²) in [4.78, 5) is 9.47. The van der Waals surface area contributed by atoms with Crippen molar-refractivity contribution in [2.24, 2.45) is 0 Å². The second kappa shape index (κ2) is 14.7. The summed E-state index contributed by atoms with van der Waals surface area (Å²) in [7, 11) is 0. The Labute approximate surface area is 197 Å². The van der Waals surface area contributed by atoms with Crippen LogP contribution in [-0.4, -0.2) is 23.2 Å². The minimum atomic E-state index is 0.696. The minimum Gasteiger partial charge on any atom is -0.490 e. The van der Waals surface area contributed by atoms with Crippen LogP contribution in [0.25, 0.3) is 11.0 Å². The molecule has 1 heterocycles. The highest BCUT2D eigenvalue weighted by molar-refractivity contribution is 9.10. The van der Waals surface area contributed by atoms with Gasteiger partial charge >= 0.3 is 0 Å². The maximum absolute atomic E-state index is 6.22. The molecule has 0 fully saturated rings. The predicted molar refractivity (Wildman–Crippen MR) is 134 cm³/mol. The molecule has 0 unspecified atom stereocenters. The van der Waals surface area contributed by atoms with Gasteiger partial charge in [-0.15, -0.1) is 0 Å². The molecule has 2 aromatic rings. The van der Waals surface area contributed by atoms with Gasteiger partial charge in [-0.25, -0.2) is 9.97 Å². The molecule has 1 aromatic heterocycles. The highest BCUT2D eigenvalue weighted by Gasteiger charge is 2.17. The van der Waals surface area contributed by atoms with Gasteiger partial charge in [0.05, 0.1) is 34.6 Å². The molecule has 4 nitrogen and oxygen atoms in total. The average molecular weight is 494 g/mol. The Morgan fingerprint density at radius 1 is 0.710 bits per heavy atom. The summed E-state index contributed by atoms with van der Waals surface area (Å²) in [6.07, 6.45) is 14.9. The van der Waals surface area contributed by atoms with Crippen LogP contribution >= 0.6 is 15.9 Å². The maximum atomic E-state index is 6.22. The van der Waals surface area contributed by atoms with Crippen molar-refractivity contribution in [3.63, 3.8) is 0 Å². The van der Waals surface area contributed by atoms with Crippen molar-refractivity contribution in [3.8, 4) is 11.5 Å². The fourth-order valence-corrected chi connectivity index (χ4v) is 4.25. The molecule has 0 aliphatic rings. The molecule has 31 heavy (non-hydrogen) atoms. The van der Waals surface area contributed by atoms with Crippen molar-refractivity contribution in [2.45, 2.75) is 105 Å². The Hall–Kier alpha value is -1.36. The van der Waals surface area contributed by atoms with E-state index in [0.717, 1.165) is 51.2 Å². The number of nitrogens with zero attached hydrogens (tertiary/aromatic N) is 2. The number of unbranched alkanes of at least 4 members (excludes halogenated alkanes) is 10. The number of aromatic nitrogens is 2. The molecule has 0 aliphatic heterocycles. The van der Waals surface area contributed by atoms with Gasteiger partial charge in [-0.2, -0.15) is 0 Å². The first-order chi connectivity index (χ1) is 15.1. The molecule has 0 aliphatic carbocycles. The monoisotopic (exact) mass is 492 g/mol. The van der Waals surface area contributed by atoms with Gasteiger partial charge in [0.15, 0.2) is 11.5 Å². The standard InChI is InChI=1S/C26H41BrN2O2/c1-5-7-9-11-13-15-17-30-23-19-22-25(29-21(4)20(3)28-22)24(27)26(23)31-18-16-14-12-10-8-6-2/h19H,5-18H2,1-4H3. The van der Waals surface area contributed by atoms with Gasteiger partial charge in [0.25, 0.3) is 0 Å². The van der Waals surface area contributed by atoms with Crippen LogP contribution in [0.3, 0.4) is 0 Å². The summed E-state index contributed by atoms with van der Waals surface area (Å²) in [5.41, 5.74) is 3.57. The number of benzene rings is 1. The molecular weight excluding hydrogens is 452 g/mol. The minimum absolute atomic E-state index is 0.696. The lowest BCUT2D eigenvalue weighted by Gasteiger charge is -2.16. The quantitative estimate of drug-likeness (QED) is 0.220. The third-order valence-corrected chi connectivity index (χ3v) is 6.47. The number of halogens is 1. The summed E-state index contributed by atoms with van der Waals surface area (Å²) in [5, 5.41) is 0. The van der Waals surface area contributed by atoms with E-state index in [1.54, 1.807) is 0 Å². The number of aryl methyl sites for hydroxylation is 2. The molecule has 0 radical (unpaired) electrons. The first-order valence-electron chi connectivity index (χ1n) is 12.3. The molecule has 2 rings (SSSR count). The van der Waals surface area contributed by atoms with Gasteiger partial charge in [-0.05, 0) is 42.6 Å². The molecule has 0 amide bonds. The van der Waals surface area contributed by atoms with E-state index in [4.69, 9.17) is 19.4 Å².